The van der Waals surface area contributed by atoms with Gasteiger partial charge in [-0.2, -0.15) is 5.10 Å². The summed E-state index contributed by atoms with van der Waals surface area (Å²) < 4.78 is 10.1. The van der Waals surface area contributed by atoms with E-state index in [2.05, 4.69) is 10.5 Å². The quantitative estimate of drug-likeness (QED) is 0.215. The summed E-state index contributed by atoms with van der Waals surface area (Å²) in [5, 5.41) is 24.4. The summed E-state index contributed by atoms with van der Waals surface area (Å²) >= 11 is 0. The second kappa shape index (κ2) is 8.48. The smallest absolute Gasteiger partial charge is 0.379 e. The molecule has 0 saturated carbocycles. The molecule has 2 aromatic carbocycles. The molecule has 0 saturated heterocycles. The number of nitro groups is 1. The number of phenols is 1. The maximum Gasteiger partial charge on any atom is 0.379 e. The van der Waals surface area contributed by atoms with E-state index in [1.807, 2.05) is 0 Å². The van der Waals surface area contributed by atoms with E-state index >= 15 is 0 Å². The Bertz CT molecular complexity index is 1090. The summed E-state index contributed by atoms with van der Waals surface area (Å²) in [6, 6.07) is 12.3. The first kappa shape index (κ1) is 19.3. The van der Waals surface area contributed by atoms with Crippen molar-refractivity contribution in [2.75, 3.05) is 0 Å². The average Bonchev–Trinajstić information content (AvgIpc) is 3.24. The number of non-ortho nitro benzene ring substituents is 1. The predicted molar refractivity (Wildman–Crippen MR) is 99.9 cm³/mol. The molecule has 1 amide bonds. The maximum atomic E-state index is 12.1. The predicted octanol–water partition coefficient (Wildman–Crippen LogP) is 2.88. The van der Waals surface area contributed by atoms with Gasteiger partial charge in [0.05, 0.1) is 23.0 Å². The number of rotatable bonds is 6. The van der Waals surface area contributed by atoms with Gasteiger partial charge in [-0.25, -0.2) is 10.2 Å². The van der Waals surface area contributed by atoms with Crippen LogP contribution in [0, 0.1) is 10.1 Å². The lowest BCUT2D eigenvalue weighted by Crippen LogP contribution is -2.17. The summed E-state index contributed by atoms with van der Waals surface area (Å²) in [5.74, 6) is -1.82. The maximum absolute atomic E-state index is 12.1. The molecule has 0 fully saturated rings. The molecule has 2 N–H and O–H groups in total. The molecule has 1 heterocycles. The number of hydrogen-bond donors (Lipinski definition) is 2. The molecule has 0 bridgehead atoms. The number of hydrogen-bond acceptors (Lipinski definition) is 8. The van der Waals surface area contributed by atoms with E-state index in [9.17, 15) is 24.8 Å². The van der Waals surface area contributed by atoms with Crippen molar-refractivity contribution in [3.8, 4) is 11.5 Å². The molecule has 0 unspecified atom stereocenters. The average molecular weight is 395 g/mol. The number of benzene rings is 2. The van der Waals surface area contributed by atoms with Gasteiger partial charge in [0, 0.05) is 17.7 Å². The first-order chi connectivity index (χ1) is 14.0. The van der Waals surface area contributed by atoms with Crippen LogP contribution in [-0.2, 0) is 0 Å². The lowest BCUT2D eigenvalue weighted by molar-refractivity contribution is -0.384. The fraction of sp³-hybridized carbons (Fsp3) is 0. The lowest BCUT2D eigenvalue weighted by atomic mass is 10.2. The normalized spacial score (nSPS) is 10.6. The van der Waals surface area contributed by atoms with Crippen molar-refractivity contribution in [3.05, 3.63) is 87.9 Å². The first-order valence-electron chi connectivity index (χ1n) is 8.11. The van der Waals surface area contributed by atoms with Gasteiger partial charge in [-0.3, -0.25) is 14.9 Å². The van der Waals surface area contributed by atoms with Gasteiger partial charge in [-0.15, -0.1) is 0 Å². The van der Waals surface area contributed by atoms with Crippen LogP contribution in [0.2, 0.25) is 0 Å². The SMILES string of the molecule is O=C(Oc1ccc([N+](=O)[O-])cc1/C=N/NC(=O)c1ccccc1O)c1ccco1. The highest BCUT2D eigenvalue weighted by atomic mass is 16.6. The zero-order chi connectivity index (χ0) is 20.8. The van der Waals surface area contributed by atoms with Crippen LogP contribution >= 0.6 is 0 Å². The molecule has 3 aromatic rings. The van der Waals surface area contributed by atoms with E-state index in [0.29, 0.717) is 0 Å². The van der Waals surface area contributed by atoms with Gasteiger partial charge >= 0.3 is 5.97 Å². The number of amides is 1. The summed E-state index contributed by atoms with van der Waals surface area (Å²) in [4.78, 5) is 34.5. The van der Waals surface area contributed by atoms with Crippen LogP contribution in [0.15, 0.2) is 70.4 Å². The van der Waals surface area contributed by atoms with Crippen molar-refractivity contribution < 1.29 is 28.8 Å². The summed E-state index contributed by atoms with van der Waals surface area (Å²) in [6.07, 6.45) is 2.37. The Morgan fingerprint density at radius 1 is 1.17 bits per heavy atom. The third kappa shape index (κ3) is 4.63. The highest BCUT2D eigenvalue weighted by Crippen LogP contribution is 2.24. The zero-order valence-corrected chi connectivity index (χ0v) is 14.6. The molecular formula is C19H13N3O7. The van der Waals surface area contributed by atoms with Gasteiger partial charge in [0.2, 0.25) is 5.76 Å². The Balaban J connectivity index is 1.82. The Labute approximate surface area is 163 Å². The van der Waals surface area contributed by atoms with Crippen molar-refractivity contribution in [1.82, 2.24) is 5.43 Å². The molecule has 10 heteroatoms. The van der Waals surface area contributed by atoms with Crippen LogP contribution in [-0.4, -0.2) is 28.1 Å². The van der Waals surface area contributed by atoms with E-state index in [1.54, 1.807) is 12.1 Å². The number of carbonyl (C=O) groups is 2. The highest BCUT2D eigenvalue weighted by Gasteiger charge is 2.17. The number of esters is 1. The van der Waals surface area contributed by atoms with Crippen LogP contribution in [0.4, 0.5) is 5.69 Å². The van der Waals surface area contributed by atoms with Crippen molar-refractivity contribution in [3.63, 3.8) is 0 Å². The number of furan rings is 1. The van der Waals surface area contributed by atoms with Gasteiger partial charge in [0.15, 0.2) is 0 Å². The van der Waals surface area contributed by atoms with Crippen molar-refractivity contribution >= 4 is 23.8 Å². The topological polar surface area (TPSA) is 144 Å². The molecule has 10 nitrogen and oxygen atoms in total. The fourth-order valence-corrected chi connectivity index (χ4v) is 2.27. The van der Waals surface area contributed by atoms with E-state index < -0.39 is 16.8 Å². The van der Waals surface area contributed by atoms with Crippen LogP contribution < -0.4 is 10.2 Å². The summed E-state index contributed by atoms with van der Waals surface area (Å²) in [6.45, 7) is 0. The molecule has 0 aliphatic heterocycles. The Hall–Kier alpha value is -4.47. The van der Waals surface area contributed by atoms with Gasteiger partial charge in [-0.05, 0) is 30.3 Å². The second-order valence-corrected chi connectivity index (χ2v) is 5.56. The Kier molecular flexibility index (Phi) is 5.64. The number of ether oxygens (including phenoxy) is 1. The molecule has 0 atom stereocenters. The van der Waals surface area contributed by atoms with Gasteiger partial charge in [0.1, 0.15) is 11.5 Å². The summed E-state index contributed by atoms with van der Waals surface area (Å²) in [5.41, 5.74) is 1.98. The van der Waals surface area contributed by atoms with Crippen LogP contribution in [0.25, 0.3) is 0 Å². The molecule has 0 spiro atoms. The standard InChI is InChI=1S/C19H13N3O7/c23-15-5-2-1-4-14(15)18(24)21-20-11-12-10-13(22(26)27)7-8-16(12)29-19(25)17-6-3-9-28-17/h1-11,23H,(H,21,24)/b20-11+. The van der Waals surface area contributed by atoms with Crippen LogP contribution in [0.3, 0.4) is 0 Å². The lowest BCUT2D eigenvalue weighted by Gasteiger charge is -2.06. The van der Waals surface area contributed by atoms with E-state index in [1.165, 1.54) is 36.6 Å². The van der Waals surface area contributed by atoms with Gasteiger partial charge in [0.25, 0.3) is 11.6 Å². The van der Waals surface area contributed by atoms with Gasteiger partial charge < -0.3 is 14.3 Å². The number of nitro benzene ring substituents is 1. The number of para-hydroxylation sites is 1. The second-order valence-electron chi connectivity index (χ2n) is 5.56. The van der Waals surface area contributed by atoms with Crippen LogP contribution in [0.1, 0.15) is 26.5 Å². The number of aromatic hydroxyl groups is 1. The van der Waals surface area contributed by atoms with Crippen molar-refractivity contribution in [2.45, 2.75) is 0 Å². The fourth-order valence-electron chi connectivity index (χ4n) is 2.27. The number of hydrazone groups is 1. The molecular weight excluding hydrogens is 382 g/mol. The highest BCUT2D eigenvalue weighted by molar-refractivity contribution is 5.97. The molecule has 0 radical (unpaired) electrons. The number of carbonyl (C=O) groups excluding carboxylic acids is 2. The molecule has 3 rings (SSSR count). The molecule has 0 aliphatic carbocycles. The van der Waals surface area contributed by atoms with E-state index in [0.717, 1.165) is 18.3 Å². The first-order valence-corrected chi connectivity index (χ1v) is 8.11. The van der Waals surface area contributed by atoms with Crippen LogP contribution in [0.5, 0.6) is 11.5 Å². The van der Waals surface area contributed by atoms with Crippen molar-refractivity contribution in [2.24, 2.45) is 5.10 Å². The zero-order valence-electron chi connectivity index (χ0n) is 14.6. The molecule has 1 aromatic heterocycles. The minimum absolute atomic E-state index is 0.00633. The Morgan fingerprint density at radius 2 is 1.97 bits per heavy atom. The largest absolute Gasteiger partial charge is 0.507 e. The number of nitrogens with one attached hydrogen (secondary N) is 1. The monoisotopic (exact) mass is 395 g/mol. The minimum atomic E-state index is -0.809. The van der Waals surface area contributed by atoms with Crippen molar-refractivity contribution in [1.29, 1.82) is 0 Å². The Morgan fingerprint density at radius 3 is 2.66 bits per heavy atom. The molecule has 146 valence electrons. The molecule has 29 heavy (non-hydrogen) atoms. The third-order valence-electron chi connectivity index (χ3n) is 3.65. The number of phenolic OH excluding ortho intramolecular Hbond substituents is 1. The third-order valence-corrected chi connectivity index (χ3v) is 3.65. The minimum Gasteiger partial charge on any atom is -0.507 e. The van der Waals surface area contributed by atoms with E-state index in [-0.39, 0.29) is 34.1 Å². The molecule has 0 aliphatic rings. The number of nitrogens with zero attached hydrogens (tertiary/aromatic N) is 2. The van der Waals surface area contributed by atoms with Gasteiger partial charge in [-0.1, -0.05) is 12.1 Å². The summed E-state index contributed by atoms with van der Waals surface area (Å²) in [7, 11) is 0. The van der Waals surface area contributed by atoms with E-state index in [4.69, 9.17) is 9.15 Å².